The van der Waals surface area contributed by atoms with E-state index < -0.39 is 0 Å². The molecule has 1 amide bonds. The number of benzene rings is 1. The number of nitrogens with one attached hydrogen (secondary N) is 1. The number of nitrogens with zero attached hydrogens (tertiary/aromatic N) is 2. The molecule has 1 aromatic heterocycles. The molecular formula is C20H23N3O3. The van der Waals surface area contributed by atoms with Gasteiger partial charge in [0.1, 0.15) is 5.82 Å². The molecule has 2 aromatic rings. The summed E-state index contributed by atoms with van der Waals surface area (Å²) in [5.74, 6) is 2.09. The molecular weight excluding hydrogens is 330 g/mol. The molecule has 2 aliphatic heterocycles. The molecule has 0 saturated carbocycles. The van der Waals surface area contributed by atoms with Crippen molar-refractivity contribution in [2.75, 3.05) is 23.6 Å². The fraction of sp³-hybridized carbons (Fsp3) is 0.400. The zero-order chi connectivity index (χ0) is 18.1. The number of piperidine rings is 1. The Hall–Kier alpha value is -2.76. The number of anilines is 2. The summed E-state index contributed by atoms with van der Waals surface area (Å²) in [6, 6.07) is 7.66. The van der Waals surface area contributed by atoms with E-state index >= 15 is 0 Å². The molecule has 0 bridgehead atoms. The van der Waals surface area contributed by atoms with Gasteiger partial charge in [0.25, 0.3) is 5.91 Å². The number of aryl methyl sites for hydroxylation is 1. The van der Waals surface area contributed by atoms with Gasteiger partial charge >= 0.3 is 0 Å². The molecule has 6 nitrogen and oxygen atoms in total. The lowest BCUT2D eigenvalue weighted by Gasteiger charge is -2.35. The third-order valence-electron chi connectivity index (χ3n) is 5.02. The van der Waals surface area contributed by atoms with Gasteiger partial charge in [-0.3, -0.25) is 4.79 Å². The Balaban J connectivity index is 1.50. The molecule has 2 aliphatic rings. The largest absolute Gasteiger partial charge is 0.454 e. The van der Waals surface area contributed by atoms with Crippen LogP contribution in [0.1, 0.15) is 42.1 Å². The molecule has 0 spiro atoms. The lowest BCUT2D eigenvalue weighted by atomic mass is 10.0. The van der Waals surface area contributed by atoms with Gasteiger partial charge in [-0.05, 0) is 62.9 Å². The van der Waals surface area contributed by atoms with E-state index in [0.717, 1.165) is 17.9 Å². The van der Waals surface area contributed by atoms with Crippen molar-refractivity contribution in [1.82, 2.24) is 4.98 Å². The Bertz CT molecular complexity index is 837. The van der Waals surface area contributed by atoms with Crippen molar-refractivity contribution in [3.8, 4) is 11.5 Å². The molecule has 1 fully saturated rings. The van der Waals surface area contributed by atoms with Crippen LogP contribution in [-0.2, 0) is 0 Å². The van der Waals surface area contributed by atoms with Crippen LogP contribution in [0.2, 0.25) is 0 Å². The first-order chi connectivity index (χ1) is 12.6. The van der Waals surface area contributed by atoms with Crippen molar-refractivity contribution < 1.29 is 14.3 Å². The van der Waals surface area contributed by atoms with Crippen LogP contribution in [0.5, 0.6) is 11.5 Å². The number of hydrogen-bond donors (Lipinski definition) is 1. The van der Waals surface area contributed by atoms with Gasteiger partial charge in [0.05, 0.1) is 11.9 Å². The minimum absolute atomic E-state index is 0.191. The van der Waals surface area contributed by atoms with Crippen molar-refractivity contribution in [1.29, 1.82) is 0 Å². The van der Waals surface area contributed by atoms with Gasteiger partial charge in [0.2, 0.25) is 6.79 Å². The molecule has 4 rings (SSSR count). The van der Waals surface area contributed by atoms with Crippen LogP contribution in [0.25, 0.3) is 0 Å². The minimum atomic E-state index is -0.191. The Labute approximate surface area is 153 Å². The van der Waals surface area contributed by atoms with Crippen LogP contribution in [0.3, 0.4) is 0 Å². The van der Waals surface area contributed by atoms with E-state index in [4.69, 9.17) is 9.47 Å². The number of amides is 1. The van der Waals surface area contributed by atoms with E-state index in [9.17, 15) is 4.79 Å². The monoisotopic (exact) mass is 353 g/mol. The third-order valence-corrected chi connectivity index (χ3v) is 5.02. The maximum absolute atomic E-state index is 12.5. The Morgan fingerprint density at radius 3 is 2.88 bits per heavy atom. The molecule has 0 aliphatic carbocycles. The molecule has 26 heavy (non-hydrogen) atoms. The second-order valence-electron chi connectivity index (χ2n) is 6.92. The average molecular weight is 353 g/mol. The Morgan fingerprint density at radius 1 is 1.23 bits per heavy atom. The average Bonchev–Trinajstić information content (AvgIpc) is 3.10. The van der Waals surface area contributed by atoms with Gasteiger partial charge in [-0.2, -0.15) is 0 Å². The second-order valence-corrected chi connectivity index (χ2v) is 6.92. The van der Waals surface area contributed by atoms with Crippen LogP contribution < -0.4 is 19.7 Å². The predicted octanol–water partition coefficient (Wildman–Crippen LogP) is 3.75. The van der Waals surface area contributed by atoms with Crippen molar-refractivity contribution in [3.05, 3.63) is 41.6 Å². The zero-order valence-electron chi connectivity index (χ0n) is 15.1. The minimum Gasteiger partial charge on any atom is -0.454 e. The normalized spacial score (nSPS) is 18.7. The van der Waals surface area contributed by atoms with Crippen LogP contribution in [0.4, 0.5) is 11.5 Å². The highest BCUT2D eigenvalue weighted by Crippen LogP contribution is 2.33. The second kappa shape index (κ2) is 6.86. The van der Waals surface area contributed by atoms with Crippen LogP contribution in [0, 0.1) is 6.92 Å². The highest BCUT2D eigenvalue weighted by molar-refractivity contribution is 6.04. The third kappa shape index (κ3) is 3.19. The molecule has 1 atom stereocenters. The number of fused-ring (bicyclic) bond motifs is 1. The first-order valence-corrected chi connectivity index (χ1v) is 9.06. The first-order valence-electron chi connectivity index (χ1n) is 9.06. The van der Waals surface area contributed by atoms with Gasteiger partial charge in [-0.1, -0.05) is 0 Å². The van der Waals surface area contributed by atoms with Crippen molar-refractivity contribution in [2.24, 2.45) is 0 Å². The SMILES string of the molecule is Cc1cc(NC(=O)c2ccc3c(c2)OCO3)cnc1N1CCCC[C@H]1C. The maximum atomic E-state index is 12.5. The summed E-state index contributed by atoms with van der Waals surface area (Å²) in [7, 11) is 0. The predicted molar refractivity (Wildman–Crippen MR) is 100 cm³/mol. The van der Waals surface area contributed by atoms with E-state index in [1.165, 1.54) is 19.3 Å². The number of ether oxygens (including phenoxy) is 2. The van der Waals surface area contributed by atoms with E-state index in [-0.39, 0.29) is 12.7 Å². The maximum Gasteiger partial charge on any atom is 0.255 e. The molecule has 0 unspecified atom stereocenters. The number of hydrogen-bond acceptors (Lipinski definition) is 5. The molecule has 0 radical (unpaired) electrons. The van der Waals surface area contributed by atoms with Gasteiger partial charge in [0.15, 0.2) is 11.5 Å². The summed E-state index contributed by atoms with van der Waals surface area (Å²) in [5, 5.41) is 2.92. The van der Waals surface area contributed by atoms with Gasteiger partial charge in [0, 0.05) is 18.2 Å². The summed E-state index contributed by atoms with van der Waals surface area (Å²) < 4.78 is 10.6. The number of carbonyl (C=O) groups excluding carboxylic acids is 1. The van der Waals surface area contributed by atoms with E-state index in [1.807, 2.05) is 13.0 Å². The van der Waals surface area contributed by atoms with Crippen molar-refractivity contribution in [3.63, 3.8) is 0 Å². The lowest BCUT2D eigenvalue weighted by Crippen LogP contribution is -2.38. The highest BCUT2D eigenvalue weighted by atomic mass is 16.7. The summed E-state index contributed by atoms with van der Waals surface area (Å²) >= 11 is 0. The van der Waals surface area contributed by atoms with Crippen molar-refractivity contribution in [2.45, 2.75) is 39.2 Å². The van der Waals surface area contributed by atoms with E-state index in [1.54, 1.807) is 24.4 Å². The van der Waals surface area contributed by atoms with Gasteiger partial charge < -0.3 is 19.7 Å². The molecule has 3 heterocycles. The zero-order valence-corrected chi connectivity index (χ0v) is 15.1. The summed E-state index contributed by atoms with van der Waals surface area (Å²) in [4.78, 5) is 19.5. The smallest absolute Gasteiger partial charge is 0.255 e. The molecule has 1 saturated heterocycles. The van der Waals surface area contributed by atoms with Crippen molar-refractivity contribution >= 4 is 17.4 Å². The van der Waals surface area contributed by atoms with Gasteiger partial charge in [-0.15, -0.1) is 0 Å². The fourth-order valence-electron chi connectivity index (χ4n) is 3.59. The quantitative estimate of drug-likeness (QED) is 0.910. The van der Waals surface area contributed by atoms with Crippen LogP contribution in [0.15, 0.2) is 30.5 Å². The molecule has 6 heteroatoms. The van der Waals surface area contributed by atoms with E-state index in [0.29, 0.717) is 28.8 Å². The molecule has 136 valence electrons. The number of rotatable bonds is 3. The molecule has 1 aromatic carbocycles. The summed E-state index contributed by atoms with van der Waals surface area (Å²) in [6.45, 7) is 5.52. The van der Waals surface area contributed by atoms with E-state index in [2.05, 4.69) is 22.1 Å². The lowest BCUT2D eigenvalue weighted by molar-refractivity contribution is 0.102. The topological polar surface area (TPSA) is 63.7 Å². The number of carbonyl (C=O) groups is 1. The standard InChI is InChI=1S/C20H23N3O3/c1-13-9-16(11-21-19(13)23-8-4-3-5-14(23)2)22-20(24)15-6-7-17-18(10-15)26-12-25-17/h6-7,9-11,14H,3-5,8,12H2,1-2H3,(H,22,24)/t14-/m1/s1. The fourth-order valence-corrected chi connectivity index (χ4v) is 3.59. The Kier molecular flexibility index (Phi) is 4.41. The summed E-state index contributed by atoms with van der Waals surface area (Å²) in [6.07, 6.45) is 5.41. The van der Waals surface area contributed by atoms with Crippen LogP contribution >= 0.6 is 0 Å². The first kappa shape index (κ1) is 16.7. The number of pyridine rings is 1. The Morgan fingerprint density at radius 2 is 2.08 bits per heavy atom. The highest BCUT2D eigenvalue weighted by Gasteiger charge is 2.21. The van der Waals surface area contributed by atoms with Gasteiger partial charge in [-0.25, -0.2) is 4.98 Å². The molecule has 1 N–H and O–H groups in total. The summed E-state index contributed by atoms with van der Waals surface area (Å²) in [5.41, 5.74) is 2.29. The van der Waals surface area contributed by atoms with Crippen LogP contribution in [-0.4, -0.2) is 30.3 Å². The number of aromatic nitrogens is 1.